The highest BCUT2D eigenvalue weighted by molar-refractivity contribution is 4.93. The van der Waals surface area contributed by atoms with Gasteiger partial charge in [-0.05, 0) is 44.2 Å². The van der Waals surface area contributed by atoms with E-state index in [-0.39, 0.29) is 0 Å². The van der Waals surface area contributed by atoms with Crippen molar-refractivity contribution < 1.29 is 0 Å². The Morgan fingerprint density at radius 2 is 1.81 bits per heavy atom. The molecule has 0 bridgehead atoms. The first kappa shape index (κ1) is 14.0. The molecule has 16 heavy (non-hydrogen) atoms. The fraction of sp³-hybridized carbons (Fsp3) is 1.00. The Bertz CT molecular complexity index is 205. The molecule has 96 valence electrons. The molecule has 2 atom stereocenters. The van der Waals surface area contributed by atoms with Crippen LogP contribution in [0.1, 0.15) is 41.0 Å². The van der Waals surface area contributed by atoms with Crippen molar-refractivity contribution in [2.45, 2.75) is 47.1 Å². The van der Waals surface area contributed by atoms with Crippen molar-refractivity contribution in [3.8, 4) is 0 Å². The van der Waals surface area contributed by atoms with Crippen molar-refractivity contribution in [1.82, 2.24) is 10.2 Å². The monoisotopic (exact) mass is 226 g/mol. The second-order valence-electron chi connectivity index (χ2n) is 6.34. The zero-order valence-corrected chi connectivity index (χ0v) is 12.0. The summed E-state index contributed by atoms with van der Waals surface area (Å²) in [6, 6.07) is 0.677. The standard InChI is InChI=1S/C14H30N2/c1-11(2)13(5)16(6)10-14(12(3)4)7-8-15-9-14/h11-13,15H,7-10H2,1-6H3. The molecule has 1 N–H and O–H groups in total. The number of hydrogen-bond donors (Lipinski definition) is 1. The van der Waals surface area contributed by atoms with Crippen molar-refractivity contribution in [3.05, 3.63) is 0 Å². The van der Waals surface area contributed by atoms with Gasteiger partial charge in [0.2, 0.25) is 0 Å². The molecule has 0 amide bonds. The Morgan fingerprint density at radius 1 is 1.19 bits per heavy atom. The summed E-state index contributed by atoms with van der Waals surface area (Å²) in [5.74, 6) is 1.51. The molecule has 0 aromatic carbocycles. The normalized spacial score (nSPS) is 28.3. The Kier molecular flexibility index (Phi) is 4.81. The van der Waals surface area contributed by atoms with Crippen LogP contribution >= 0.6 is 0 Å². The van der Waals surface area contributed by atoms with Crippen LogP contribution in [0.3, 0.4) is 0 Å². The summed E-state index contributed by atoms with van der Waals surface area (Å²) >= 11 is 0. The van der Waals surface area contributed by atoms with E-state index in [1.807, 2.05) is 0 Å². The highest BCUT2D eigenvalue weighted by Gasteiger charge is 2.38. The minimum absolute atomic E-state index is 0.498. The number of hydrogen-bond acceptors (Lipinski definition) is 2. The summed E-state index contributed by atoms with van der Waals surface area (Å²) in [5.41, 5.74) is 0.498. The average Bonchev–Trinajstić information content (AvgIpc) is 2.66. The van der Waals surface area contributed by atoms with Crippen LogP contribution in [0.5, 0.6) is 0 Å². The molecule has 1 heterocycles. The SMILES string of the molecule is CC(C)C(C)N(C)CC1(C(C)C)CCNC1. The number of nitrogens with zero attached hydrogens (tertiary/aromatic N) is 1. The molecule has 1 rings (SSSR count). The van der Waals surface area contributed by atoms with E-state index in [1.54, 1.807) is 0 Å². The second-order valence-corrected chi connectivity index (χ2v) is 6.34. The van der Waals surface area contributed by atoms with Crippen molar-refractivity contribution in [2.24, 2.45) is 17.3 Å². The van der Waals surface area contributed by atoms with Gasteiger partial charge in [-0.1, -0.05) is 27.7 Å². The largest absolute Gasteiger partial charge is 0.316 e. The fourth-order valence-corrected chi connectivity index (χ4v) is 2.72. The summed E-state index contributed by atoms with van der Waals surface area (Å²) in [6.45, 7) is 15.4. The first-order valence-corrected chi connectivity index (χ1v) is 6.80. The second kappa shape index (κ2) is 5.50. The molecule has 2 unspecified atom stereocenters. The molecule has 0 aromatic heterocycles. The zero-order valence-electron chi connectivity index (χ0n) is 12.0. The highest BCUT2D eigenvalue weighted by atomic mass is 15.1. The van der Waals surface area contributed by atoms with Crippen molar-refractivity contribution >= 4 is 0 Å². The minimum Gasteiger partial charge on any atom is -0.316 e. The van der Waals surface area contributed by atoms with Crippen molar-refractivity contribution in [1.29, 1.82) is 0 Å². The molecule has 1 aliphatic heterocycles. The third-order valence-electron chi connectivity index (χ3n) is 4.73. The average molecular weight is 226 g/mol. The van der Waals surface area contributed by atoms with Gasteiger partial charge in [0.15, 0.2) is 0 Å². The Labute approximate surface area is 102 Å². The molecule has 1 aliphatic rings. The van der Waals surface area contributed by atoms with Crippen LogP contribution in [0, 0.1) is 17.3 Å². The molecule has 1 saturated heterocycles. The van der Waals surface area contributed by atoms with Gasteiger partial charge in [0.25, 0.3) is 0 Å². The third kappa shape index (κ3) is 2.98. The molecule has 0 spiro atoms. The van der Waals surface area contributed by atoms with Gasteiger partial charge < -0.3 is 10.2 Å². The van der Waals surface area contributed by atoms with Gasteiger partial charge in [0, 0.05) is 19.1 Å². The lowest BCUT2D eigenvalue weighted by Gasteiger charge is -2.40. The van der Waals surface area contributed by atoms with Crippen molar-refractivity contribution in [3.63, 3.8) is 0 Å². The Hall–Kier alpha value is -0.0800. The van der Waals surface area contributed by atoms with E-state index in [4.69, 9.17) is 0 Å². The van der Waals surface area contributed by atoms with E-state index in [2.05, 4.69) is 51.9 Å². The van der Waals surface area contributed by atoms with Gasteiger partial charge in [-0.3, -0.25) is 0 Å². The van der Waals surface area contributed by atoms with Crippen LogP contribution in [0.15, 0.2) is 0 Å². The van der Waals surface area contributed by atoms with Crippen LogP contribution in [-0.2, 0) is 0 Å². The van der Waals surface area contributed by atoms with Crippen LogP contribution in [-0.4, -0.2) is 37.6 Å². The van der Waals surface area contributed by atoms with E-state index < -0.39 is 0 Å². The van der Waals surface area contributed by atoms with Crippen LogP contribution in [0.25, 0.3) is 0 Å². The quantitative estimate of drug-likeness (QED) is 0.775. The van der Waals surface area contributed by atoms with Gasteiger partial charge in [0.1, 0.15) is 0 Å². The van der Waals surface area contributed by atoms with E-state index in [9.17, 15) is 0 Å². The molecule has 0 radical (unpaired) electrons. The van der Waals surface area contributed by atoms with Gasteiger partial charge in [-0.15, -0.1) is 0 Å². The first-order valence-electron chi connectivity index (χ1n) is 6.80. The van der Waals surface area contributed by atoms with E-state index in [1.165, 1.54) is 26.1 Å². The lowest BCUT2D eigenvalue weighted by atomic mass is 9.75. The van der Waals surface area contributed by atoms with Gasteiger partial charge in [-0.25, -0.2) is 0 Å². The Morgan fingerprint density at radius 3 is 2.19 bits per heavy atom. The molecule has 2 nitrogen and oxygen atoms in total. The predicted molar refractivity (Wildman–Crippen MR) is 71.7 cm³/mol. The van der Waals surface area contributed by atoms with E-state index in [0.29, 0.717) is 11.5 Å². The molecule has 0 aliphatic carbocycles. The summed E-state index contributed by atoms with van der Waals surface area (Å²) in [7, 11) is 2.28. The zero-order chi connectivity index (χ0) is 12.3. The van der Waals surface area contributed by atoms with E-state index in [0.717, 1.165) is 11.8 Å². The molecule has 0 aromatic rings. The summed E-state index contributed by atoms with van der Waals surface area (Å²) in [5, 5.41) is 3.54. The first-order chi connectivity index (χ1) is 7.39. The van der Waals surface area contributed by atoms with E-state index >= 15 is 0 Å². The van der Waals surface area contributed by atoms with Crippen LogP contribution in [0.4, 0.5) is 0 Å². The van der Waals surface area contributed by atoms with Crippen LogP contribution < -0.4 is 5.32 Å². The summed E-state index contributed by atoms with van der Waals surface area (Å²) in [4.78, 5) is 2.55. The smallest absolute Gasteiger partial charge is 0.00871 e. The van der Waals surface area contributed by atoms with Gasteiger partial charge >= 0.3 is 0 Å². The molecule has 0 saturated carbocycles. The maximum atomic E-state index is 3.54. The lowest BCUT2D eigenvalue weighted by molar-refractivity contribution is 0.0954. The highest BCUT2D eigenvalue weighted by Crippen LogP contribution is 2.35. The molecular weight excluding hydrogens is 196 g/mol. The third-order valence-corrected chi connectivity index (χ3v) is 4.73. The van der Waals surface area contributed by atoms with Crippen molar-refractivity contribution in [2.75, 3.05) is 26.7 Å². The summed E-state index contributed by atoms with van der Waals surface area (Å²) < 4.78 is 0. The Balaban J connectivity index is 2.62. The number of rotatable bonds is 5. The molecule has 2 heteroatoms. The molecular formula is C14H30N2. The number of nitrogens with one attached hydrogen (secondary N) is 1. The summed E-state index contributed by atoms with van der Waals surface area (Å²) in [6.07, 6.45) is 1.33. The fourth-order valence-electron chi connectivity index (χ4n) is 2.72. The van der Waals surface area contributed by atoms with Gasteiger partial charge in [-0.2, -0.15) is 0 Å². The van der Waals surface area contributed by atoms with Gasteiger partial charge in [0.05, 0.1) is 0 Å². The maximum Gasteiger partial charge on any atom is 0.00871 e. The topological polar surface area (TPSA) is 15.3 Å². The minimum atomic E-state index is 0.498. The predicted octanol–water partition coefficient (Wildman–Crippen LogP) is 2.60. The van der Waals surface area contributed by atoms with Crippen LogP contribution in [0.2, 0.25) is 0 Å². The molecule has 1 fully saturated rings. The maximum absolute atomic E-state index is 3.54. The lowest BCUT2D eigenvalue weighted by Crippen LogP contribution is -2.45.